The lowest BCUT2D eigenvalue weighted by Crippen LogP contribution is -2.41. The Morgan fingerprint density at radius 3 is 2.21 bits per heavy atom. The summed E-state index contributed by atoms with van der Waals surface area (Å²) < 4.78 is 70.2. The Bertz CT molecular complexity index is 771. The summed E-state index contributed by atoms with van der Waals surface area (Å²) >= 11 is 0. The minimum atomic E-state index is -4.52. The van der Waals surface area contributed by atoms with Gasteiger partial charge in [-0.1, -0.05) is 0 Å². The predicted octanol–water partition coefficient (Wildman–Crippen LogP) is 3.37. The first kappa shape index (κ1) is 22.6. The lowest BCUT2D eigenvalue weighted by molar-refractivity contribution is -0.144. The summed E-state index contributed by atoms with van der Waals surface area (Å²) in [5.41, 5.74) is -0.901. The van der Waals surface area contributed by atoms with Crippen LogP contribution < -0.4 is 0 Å². The standard InChI is InChI=1S/C18H24F3NO5S/c1-12(17(23)24)11-27-15-7-5-14(6-8-15)22(2)28(25,26)16-9-3-13(4-10-16)18(19,20)21/h3-4,9-10,12,14-15H,5-8,11H2,1-2H3,(H,23,24). The van der Waals surface area contributed by atoms with Gasteiger partial charge in [-0.3, -0.25) is 4.79 Å². The molecule has 6 nitrogen and oxygen atoms in total. The van der Waals surface area contributed by atoms with E-state index in [0.717, 1.165) is 24.3 Å². The second kappa shape index (κ2) is 8.79. The smallest absolute Gasteiger partial charge is 0.416 e. The van der Waals surface area contributed by atoms with Crippen LogP contribution in [0.1, 0.15) is 38.2 Å². The van der Waals surface area contributed by atoms with Gasteiger partial charge in [-0.25, -0.2) is 8.42 Å². The maximum absolute atomic E-state index is 12.7. The van der Waals surface area contributed by atoms with Crippen LogP contribution in [0.3, 0.4) is 0 Å². The largest absolute Gasteiger partial charge is 0.481 e. The van der Waals surface area contributed by atoms with Gasteiger partial charge < -0.3 is 9.84 Å². The normalized spacial score (nSPS) is 22.2. The molecular weight excluding hydrogens is 399 g/mol. The van der Waals surface area contributed by atoms with Gasteiger partial charge in [0.05, 0.1) is 29.1 Å². The van der Waals surface area contributed by atoms with Crippen LogP contribution in [0, 0.1) is 5.92 Å². The summed E-state index contributed by atoms with van der Waals surface area (Å²) in [6.45, 7) is 1.66. The Balaban J connectivity index is 1.96. The molecule has 0 aromatic heterocycles. The van der Waals surface area contributed by atoms with E-state index in [-0.39, 0.29) is 23.6 Å². The van der Waals surface area contributed by atoms with Crippen LogP contribution in [0.25, 0.3) is 0 Å². The number of rotatable bonds is 7. The highest BCUT2D eigenvalue weighted by molar-refractivity contribution is 7.89. The molecular formula is C18H24F3NO5S. The maximum atomic E-state index is 12.7. The van der Waals surface area contributed by atoms with E-state index in [1.165, 1.54) is 11.4 Å². The highest BCUT2D eigenvalue weighted by Crippen LogP contribution is 2.32. The van der Waals surface area contributed by atoms with Crippen molar-refractivity contribution < 1.29 is 36.2 Å². The van der Waals surface area contributed by atoms with Gasteiger partial charge in [0, 0.05) is 13.1 Å². The minimum absolute atomic E-state index is 0.102. The Labute approximate surface area is 162 Å². The number of aliphatic carboxylic acids is 1. The van der Waals surface area contributed by atoms with E-state index < -0.39 is 33.7 Å². The Morgan fingerprint density at radius 2 is 1.75 bits per heavy atom. The van der Waals surface area contributed by atoms with Crippen LogP contribution in [0.2, 0.25) is 0 Å². The van der Waals surface area contributed by atoms with Crippen molar-refractivity contribution in [2.45, 2.75) is 55.8 Å². The average Bonchev–Trinajstić information content (AvgIpc) is 2.65. The molecule has 0 aliphatic heterocycles. The third-order valence-corrected chi connectivity index (χ3v) is 6.94. The van der Waals surface area contributed by atoms with E-state index >= 15 is 0 Å². The molecule has 1 N–H and O–H groups in total. The van der Waals surface area contributed by atoms with E-state index in [1.807, 2.05) is 0 Å². The molecule has 0 bridgehead atoms. The first-order chi connectivity index (χ1) is 12.9. The molecule has 1 aliphatic carbocycles. The van der Waals surface area contributed by atoms with Gasteiger partial charge in [0.15, 0.2) is 0 Å². The average molecular weight is 423 g/mol. The van der Waals surface area contributed by atoms with Crippen molar-refractivity contribution >= 4 is 16.0 Å². The Kier molecular flexibility index (Phi) is 7.11. The van der Waals surface area contributed by atoms with Crippen molar-refractivity contribution in [3.05, 3.63) is 29.8 Å². The Morgan fingerprint density at radius 1 is 1.21 bits per heavy atom. The molecule has 1 aliphatic rings. The molecule has 1 aromatic carbocycles. The first-order valence-corrected chi connectivity index (χ1v) is 10.4. The highest BCUT2D eigenvalue weighted by Gasteiger charge is 2.34. The summed E-state index contributed by atoms with van der Waals surface area (Å²) in [7, 11) is -2.49. The Hall–Kier alpha value is -1.65. The fourth-order valence-electron chi connectivity index (χ4n) is 3.11. The van der Waals surface area contributed by atoms with E-state index in [2.05, 4.69) is 0 Å². The zero-order valence-electron chi connectivity index (χ0n) is 15.6. The SMILES string of the molecule is CC(COC1CCC(N(C)S(=O)(=O)c2ccc(C(F)(F)F)cc2)CC1)C(=O)O. The second-order valence-electron chi connectivity index (χ2n) is 7.05. The monoisotopic (exact) mass is 423 g/mol. The number of halogens is 3. The molecule has 0 spiro atoms. The van der Waals surface area contributed by atoms with Crippen molar-refractivity contribution in [2.24, 2.45) is 5.92 Å². The van der Waals surface area contributed by atoms with Crippen LogP contribution in [-0.4, -0.2) is 49.6 Å². The summed E-state index contributed by atoms with van der Waals surface area (Å²) in [5, 5.41) is 8.87. The number of benzene rings is 1. The zero-order valence-corrected chi connectivity index (χ0v) is 16.5. The number of ether oxygens (including phenoxy) is 1. The molecule has 28 heavy (non-hydrogen) atoms. The molecule has 1 unspecified atom stereocenters. The van der Waals surface area contributed by atoms with Gasteiger partial charge in [0.25, 0.3) is 0 Å². The summed E-state index contributed by atoms with van der Waals surface area (Å²) in [5.74, 6) is -1.54. The molecule has 10 heteroatoms. The number of sulfonamides is 1. The highest BCUT2D eigenvalue weighted by atomic mass is 32.2. The molecule has 2 rings (SSSR count). The molecule has 1 aromatic rings. The molecule has 0 amide bonds. The topological polar surface area (TPSA) is 83.9 Å². The number of carbonyl (C=O) groups is 1. The van der Waals surface area contributed by atoms with Gasteiger partial charge >= 0.3 is 12.1 Å². The van der Waals surface area contributed by atoms with Crippen LogP contribution >= 0.6 is 0 Å². The quantitative estimate of drug-likeness (QED) is 0.727. The van der Waals surface area contributed by atoms with Gasteiger partial charge in [-0.05, 0) is 56.9 Å². The number of alkyl halides is 3. The summed E-state index contributed by atoms with van der Waals surface area (Å²) in [4.78, 5) is 10.6. The number of carboxylic acids is 1. The van der Waals surface area contributed by atoms with Gasteiger partial charge in [0.1, 0.15) is 0 Å². The molecule has 1 saturated carbocycles. The third-order valence-electron chi connectivity index (χ3n) is 5.02. The first-order valence-electron chi connectivity index (χ1n) is 8.92. The van der Waals surface area contributed by atoms with Gasteiger partial charge in [0.2, 0.25) is 10.0 Å². The maximum Gasteiger partial charge on any atom is 0.416 e. The van der Waals surface area contributed by atoms with E-state index in [1.54, 1.807) is 6.92 Å². The third kappa shape index (κ3) is 5.45. The van der Waals surface area contributed by atoms with Crippen molar-refractivity contribution in [1.82, 2.24) is 4.31 Å². The van der Waals surface area contributed by atoms with Crippen molar-refractivity contribution in [2.75, 3.05) is 13.7 Å². The van der Waals surface area contributed by atoms with Crippen molar-refractivity contribution in [3.8, 4) is 0 Å². The lowest BCUT2D eigenvalue weighted by Gasteiger charge is -2.34. The zero-order chi connectivity index (χ0) is 21.1. The van der Waals surface area contributed by atoms with E-state index in [9.17, 15) is 26.4 Å². The second-order valence-corrected chi connectivity index (χ2v) is 9.04. The molecule has 1 atom stereocenters. The lowest BCUT2D eigenvalue weighted by atomic mass is 9.93. The van der Waals surface area contributed by atoms with Crippen LogP contribution in [-0.2, 0) is 25.7 Å². The fraction of sp³-hybridized carbons (Fsp3) is 0.611. The van der Waals surface area contributed by atoms with Gasteiger partial charge in [-0.15, -0.1) is 0 Å². The van der Waals surface area contributed by atoms with E-state index in [4.69, 9.17) is 9.84 Å². The number of hydrogen-bond acceptors (Lipinski definition) is 4. The number of hydrogen-bond donors (Lipinski definition) is 1. The number of carboxylic acid groups (broad SMARTS) is 1. The molecule has 0 saturated heterocycles. The molecule has 0 heterocycles. The summed E-state index contributed by atoms with van der Waals surface area (Å²) in [6.07, 6.45) is -2.41. The van der Waals surface area contributed by atoms with Crippen LogP contribution in [0.5, 0.6) is 0 Å². The van der Waals surface area contributed by atoms with Crippen molar-refractivity contribution in [3.63, 3.8) is 0 Å². The molecule has 1 fully saturated rings. The molecule has 158 valence electrons. The predicted molar refractivity (Wildman–Crippen MR) is 95.2 cm³/mol. The van der Waals surface area contributed by atoms with Crippen LogP contribution in [0.4, 0.5) is 13.2 Å². The van der Waals surface area contributed by atoms with Crippen molar-refractivity contribution in [1.29, 1.82) is 0 Å². The van der Waals surface area contributed by atoms with Gasteiger partial charge in [-0.2, -0.15) is 17.5 Å². The van der Waals surface area contributed by atoms with Crippen LogP contribution in [0.15, 0.2) is 29.2 Å². The summed E-state index contributed by atoms with van der Waals surface area (Å²) in [6, 6.07) is 3.17. The molecule has 0 radical (unpaired) electrons. The van der Waals surface area contributed by atoms with E-state index in [0.29, 0.717) is 25.7 Å². The fourth-order valence-corrected chi connectivity index (χ4v) is 4.52. The minimum Gasteiger partial charge on any atom is -0.481 e. The number of nitrogens with zero attached hydrogens (tertiary/aromatic N) is 1.